The number of methoxy groups -OCH3 is 1. The van der Waals surface area contributed by atoms with E-state index in [-0.39, 0.29) is 6.42 Å². The summed E-state index contributed by atoms with van der Waals surface area (Å²) in [4.78, 5) is 38.9. The maximum Gasteiger partial charge on any atom is 0.328 e. The van der Waals surface area contributed by atoms with Gasteiger partial charge in [-0.05, 0) is 18.6 Å². The summed E-state index contributed by atoms with van der Waals surface area (Å²) >= 11 is 0. The van der Waals surface area contributed by atoms with Gasteiger partial charge in [-0.2, -0.15) is 0 Å². The number of nitrogens with one attached hydrogen (secondary N) is 3. The summed E-state index contributed by atoms with van der Waals surface area (Å²) < 4.78 is 4.78. The van der Waals surface area contributed by atoms with Crippen LogP contribution in [0.5, 0.6) is 0 Å². The van der Waals surface area contributed by atoms with Crippen molar-refractivity contribution < 1.29 is 24.2 Å². The number of esters is 1. The second kappa shape index (κ2) is 8.48. The Morgan fingerprint density at radius 1 is 1.23 bits per heavy atom. The molecule has 1 heterocycles. The van der Waals surface area contributed by atoms with Crippen molar-refractivity contribution in [3.05, 3.63) is 36.0 Å². The molecule has 1 aromatic carbocycles. The van der Waals surface area contributed by atoms with Gasteiger partial charge in [0.2, 0.25) is 11.8 Å². The molecule has 0 bridgehead atoms. The summed E-state index contributed by atoms with van der Waals surface area (Å²) in [6.07, 6.45) is 0.854. The molecule has 26 heavy (non-hydrogen) atoms. The Labute approximate surface area is 150 Å². The number of benzene rings is 1. The van der Waals surface area contributed by atoms with Gasteiger partial charge >= 0.3 is 5.97 Å². The van der Waals surface area contributed by atoms with E-state index in [9.17, 15) is 19.5 Å². The highest BCUT2D eigenvalue weighted by Crippen LogP contribution is 2.19. The number of carbonyl (C=O) groups is 3. The minimum Gasteiger partial charge on any atom is -0.467 e. The van der Waals surface area contributed by atoms with Crippen LogP contribution in [0, 0.1) is 0 Å². The molecular formula is C18H23N3O5. The molecule has 0 fully saturated rings. The molecule has 0 saturated carbocycles. The molecule has 140 valence electrons. The predicted molar refractivity (Wildman–Crippen MR) is 95.2 cm³/mol. The van der Waals surface area contributed by atoms with Crippen LogP contribution in [0.1, 0.15) is 19.4 Å². The van der Waals surface area contributed by atoms with Crippen molar-refractivity contribution >= 4 is 28.7 Å². The lowest BCUT2D eigenvalue weighted by Gasteiger charge is -2.23. The number of amides is 2. The Morgan fingerprint density at radius 2 is 1.92 bits per heavy atom. The number of aromatic nitrogens is 1. The average Bonchev–Trinajstić information content (AvgIpc) is 3.01. The molecule has 4 N–H and O–H groups in total. The summed E-state index contributed by atoms with van der Waals surface area (Å²) in [5.74, 6) is -1.74. The third-order valence-electron chi connectivity index (χ3n) is 4.02. The third-order valence-corrected chi connectivity index (χ3v) is 4.02. The topological polar surface area (TPSA) is 121 Å². The minimum absolute atomic E-state index is 0.203. The van der Waals surface area contributed by atoms with Gasteiger partial charge in [0.15, 0.2) is 0 Å². The van der Waals surface area contributed by atoms with Crippen LogP contribution in [0.2, 0.25) is 0 Å². The first-order chi connectivity index (χ1) is 12.3. The number of rotatable bonds is 7. The molecule has 2 aromatic rings. The predicted octanol–water partition coefficient (Wildman–Crippen LogP) is 0.254. The third kappa shape index (κ3) is 4.60. The normalized spacial score (nSPS) is 14.3. The standard InChI is InChI=1S/C18H23N3O5/c1-10(22)16(20-11(2)23)17(24)21-15(18(25)26-3)8-12-9-19-14-7-5-4-6-13(12)14/h4-7,9-10,15-16,19,22H,8H2,1-3H3,(H,20,23)(H,21,24)/t10-,15+,16+/m1/s1. The molecule has 0 saturated heterocycles. The van der Waals surface area contributed by atoms with E-state index >= 15 is 0 Å². The number of para-hydroxylation sites is 1. The highest BCUT2D eigenvalue weighted by molar-refractivity contribution is 5.91. The van der Waals surface area contributed by atoms with Crippen LogP contribution in [-0.2, 0) is 25.5 Å². The molecule has 2 amide bonds. The van der Waals surface area contributed by atoms with Crippen LogP contribution in [0.3, 0.4) is 0 Å². The zero-order valence-corrected chi connectivity index (χ0v) is 14.9. The summed E-state index contributed by atoms with van der Waals surface area (Å²) in [6, 6.07) is 5.47. The van der Waals surface area contributed by atoms with Gasteiger partial charge in [0.05, 0.1) is 13.2 Å². The molecule has 3 atom stereocenters. The van der Waals surface area contributed by atoms with Crippen LogP contribution in [0.4, 0.5) is 0 Å². The van der Waals surface area contributed by atoms with E-state index in [0.29, 0.717) is 0 Å². The Bertz CT molecular complexity index is 799. The summed E-state index contributed by atoms with van der Waals surface area (Å²) in [6.45, 7) is 2.62. The van der Waals surface area contributed by atoms with E-state index in [1.165, 1.54) is 21.0 Å². The zero-order chi connectivity index (χ0) is 19.3. The Balaban J connectivity index is 2.20. The van der Waals surface area contributed by atoms with E-state index < -0.39 is 36.0 Å². The number of H-pyrrole nitrogens is 1. The van der Waals surface area contributed by atoms with Gasteiger partial charge in [0.25, 0.3) is 0 Å². The molecule has 0 aliphatic carbocycles. The second-order valence-electron chi connectivity index (χ2n) is 6.07. The number of aliphatic hydroxyl groups is 1. The fraction of sp³-hybridized carbons (Fsp3) is 0.389. The lowest BCUT2D eigenvalue weighted by Crippen LogP contribution is -2.56. The van der Waals surface area contributed by atoms with Gasteiger partial charge in [0, 0.05) is 30.4 Å². The number of hydrogen-bond acceptors (Lipinski definition) is 5. The number of carbonyl (C=O) groups excluding carboxylic acids is 3. The molecule has 8 heteroatoms. The van der Waals surface area contributed by atoms with Crippen molar-refractivity contribution in [2.45, 2.75) is 38.5 Å². The molecule has 0 aliphatic rings. The Morgan fingerprint density at radius 3 is 2.54 bits per heavy atom. The second-order valence-corrected chi connectivity index (χ2v) is 6.07. The number of ether oxygens (including phenoxy) is 1. The molecule has 2 rings (SSSR count). The smallest absolute Gasteiger partial charge is 0.328 e. The van der Waals surface area contributed by atoms with E-state index in [2.05, 4.69) is 15.6 Å². The van der Waals surface area contributed by atoms with Crippen molar-refractivity contribution in [2.75, 3.05) is 7.11 Å². The van der Waals surface area contributed by atoms with Gasteiger partial charge in [0.1, 0.15) is 12.1 Å². The first kappa shape index (κ1) is 19.5. The van der Waals surface area contributed by atoms with Gasteiger partial charge in [-0.15, -0.1) is 0 Å². The first-order valence-electron chi connectivity index (χ1n) is 8.21. The molecule has 0 spiro atoms. The van der Waals surface area contributed by atoms with E-state index in [1.54, 1.807) is 6.20 Å². The molecule has 0 aliphatic heterocycles. The summed E-state index contributed by atoms with van der Waals surface area (Å²) in [5.41, 5.74) is 1.75. The van der Waals surface area contributed by atoms with E-state index in [1.807, 2.05) is 24.3 Å². The van der Waals surface area contributed by atoms with Crippen molar-refractivity contribution in [3.8, 4) is 0 Å². The largest absolute Gasteiger partial charge is 0.467 e. The van der Waals surface area contributed by atoms with Gasteiger partial charge < -0.3 is 25.5 Å². The molecule has 8 nitrogen and oxygen atoms in total. The van der Waals surface area contributed by atoms with E-state index in [0.717, 1.165) is 16.5 Å². The van der Waals surface area contributed by atoms with Crippen molar-refractivity contribution in [1.29, 1.82) is 0 Å². The number of fused-ring (bicyclic) bond motifs is 1. The number of hydrogen-bond donors (Lipinski definition) is 4. The zero-order valence-electron chi connectivity index (χ0n) is 14.9. The summed E-state index contributed by atoms with van der Waals surface area (Å²) in [7, 11) is 1.23. The molecular weight excluding hydrogens is 338 g/mol. The van der Waals surface area contributed by atoms with Gasteiger partial charge in [-0.25, -0.2) is 4.79 Å². The number of aliphatic hydroxyl groups excluding tert-OH is 1. The lowest BCUT2D eigenvalue weighted by molar-refractivity contribution is -0.145. The first-order valence-corrected chi connectivity index (χ1v) is 8.21. The van der Waals surface area contributed by atoms with Gasteiger partial charge in [-0.3, -0.25) is 9.59 Å². The number of aromatic amines is 1. The fourth-order valence-corrected chi connectivity index (χ4v) is 2.74. The van der Waals surface area contributed by atoms with Crippen LogP contribution < -0.4 is 10.6 Å². The van der Waals surface area contributed by atoms with E-state index in [4.69, 9.17) is 4.74 Å². The molecule has 0 radical (unpaired) electrons. The van der Waals surface area contributed by atoms with Crippen LogP contribution in [-0.4, -0.2) is 53.2 Å². The van der Waals surface area contributed by atoms with Crippen molar-refractivity contribution in [3.63, 3.8) is 0 Å². The van der Waals surface area contributed by atoms with Crippen LogP contribution in [0.15, 0.2) is 30.5 Å². The highest BCUT2D eigenvalue weighted by atomic mass is 16.5. The van der Waals surface area contributed by atoms with Crippen molar-refractivity contribution in [1.82, 2.24) is 15.6 Å². The van der Waals surface area contributed by atoms with Gasteiger partial charge in [-0.1, -0.05) is 18.2 Å². The quantitative estimate of drug-likeness (QED) is 0.527. The highest BCUT2D eigenvalue weighted by Gasteiger charge is 2.30. The molecule has 0 unspecified atom stereocenters. The maximum atomic E-state index is 12.4. The Kier molecular flexibility index (Phi) is 6.35. The van der Waals surface area contributed by atoms with Crippen LogP contribution >= 0.6 is 0 Å². The average molecular weight is 361 g/mol. The van der Waals surface area contributed by atoms with Crippen molar-refractivity contribution in [2.24, 2.45) is 0 Å². The monoisotopic (exact) mass is 361 g/mol. The molecule has 1 aromatic heterocycles. The fourth-order valence-electron chi connectivity index (χ4n) is 2.74. The lowest BCUT2D eigenvalue weighted by atomic mass is 10.0. The summed E-state index contributed by atoms with van der Waals surface area (Å²) in [5, 5.41) is 15.6. The SMILES string of the molecule is COC(=O)[C@H](Cc1c[nH]c2ccccc12)NC(=O)[C@@H](NC(C)=O)[C@@H](C)O. The Hall–Kier alpha value is -2.87. The maximum absolute atomic E-state index is 12.4. The minimum atomic E-state index is -1.16. The van der Waals surface area contributed by atoms with Crippen LogP contribution in [0.25, 0.3) is 10.9 Å².